The fourth-order valence-electron chi connectivity index (χ4n) is 3.99. The van der Waals surface area contributed by atoms with Gasteiger partial charge in [0.2, 0.25) is 0 Å². The summed E-state index contributed by atoms with van der Waals surface area (Å²) in [5, 5.41) is 10.6. The quantitative estimate of drug-likeness (QED) is 0.624. The van der Waals surface area contributed by atoms with Crippen molar-refractivity contribution in [2.75, 3.05) is 0 Å². The minimum Gasteiger partial charge on any atom is -0.481 e. The van der Waals surface area contributed by atoms with Crippen molar-refractivity contribution in [2.45, 2.75) is 57.9 Å². The molecule has 24 heavy (non-hydrogen) atoms. The number of fused-ring (bicyclic) bond motifs is 1. The van der Waals surface area contributed by atoms with Crippen LogP contribution >= 0.6 is 15.9 Å². The zero-order chi connectivity index (χ0) is 16.9. The molecular formula is C19H25BrN2O2. The number of aromatic nitrogens is 2. The predicted octanol–water partition coefficient (Wildman–Crippen LogP) is 5.25. The third-order valence-electron chi connectivity index (χ3n) is 5.29. The van der Waals surface area contributed by atoms with Gasteiger partial charge in [-0.25, -0.2) is 4.98 Å². The van der Waals surface area contributed by atoms with Crippen LogP contribution in [0.3, 0.4) is 0 Å². The Balaban J connectivity index is 1.47. The summed E-state index contributed by atoms with van der Waals surface area (Å²) in [6.07, 6.45) is 12.5. The third kappa shape index (κ3) is 4.00. The Kier molecular flexibility index (Phi) is 5.93. The van der Waals surface area contributed by atoms with Crippen LogP contribution in [0.4, 0.5) is 0 Å². The van der Waals surface area contributed by atoms with Gasteiger partial charge in [-0.05, 0) is 59.7 Å². The number of carboxylic acid groups (broad SMARTS) is 1. The fraction of sp³-hybridized carbons (Fsp3) is 0.579. The predicted molar refractivity (Wildman–Crippen MR) is 99.0 cm³/mol. The van der Waals surface area contributed by atoms with Crippen molar-refractivity contribution in [1.82, 2.24) is 9.55 Å². The van der Waals surface area contributed by atoms with Gasteiger partial charge >= 0.3 is 5.97 Å². The standard InChI is InChI=1S/C19H25BrN2O2/c20-17-13-22(18-16(17)10-6-11-21-18)12-5-1-2-9-15(19(23)24)14-7-3-4-8-14/h6,10-11,13-15H,1-5,7-9,12H2,(H,23,24). The lowest BCUT2D eigenvalue weighted by molar-refractivity contribution is -0.144. The van der Waals surface area contributed by atoms with Gasteiger partial charge in [-0.3, -0.25) is 4.79 Å². The van der Waals surface area contributed by atoms with E-state index in [1.54, 1.807) is 0 Å². The largest absolute Gasteiger partial charge is 0.481 e. The highest BCUT2D eigenvalue weighted by Gasteiger charge is 2.29. The van der Waals surface area contributed by atoms with Crippen molar-refractivity contribution in [2.24, 2.45) is 11.8 Å². The molecule has 1 aliphatic carbocycles. The highest BCUT2D eigenvalue weighted by molar-refractivity contribution is 9.10. The van der Waals surface area contributed by atoms with E-state index in [-0.39, 0.29) is 5.92 Å². The maximum Gasteiger partial charge on any atom is 0.306 e. The topological polar surface area (TPSA) is 55.1 Å². The second kappa shape index (κ2) is 8.15. The van der Waals surface area contributed by atoms with Gasteiger partial charge in [0.05, 0.1) is 5.92 Å². The normalized spacial score (nSPS) is 16.7. The molecule has 1 aliphatic rings. The van der Waals surface area contributed by atoms with E-state index in [1.807, 2.05) is 12.3 Å². The van der Waals surface area contributed by atoms with Crippen LogP contribution in [0.1, 0.15) is 51.4 Å². The molecule has 0 bridgehead atoms. The zero-order valence-electron chi connectivity index (χ0n) is 14.0. The van der Waals surface area contributed by atoms with E-state index in [2.05, 4.69) is 37.7 Å². The zero-order valence-corrected chi connectivity index (χ0v) is 15.5. The number of aryl methyl sites for hydroxylation is 1. The Morgan fingerprint density at radius 1 is 1.33 bits per heavy atom. The lowest BCUT2D eigenvalue weighted by Gasteiger charge is -2.18. The first kappa shape index (κ1) is 17.5. The van der Waals surface area contributed by atoms with Crippen LogP contribution in [0, 0.1) is 11.8 Å². The van der Waals surface area contributed by atoms with Gasteiger partial charge in [-0.1, -0.05) is 25.7 Å². The molecule has 1 N–H and O–H groups in total. The van der Waals surface area contributed by atoms with Gasteiger partial charge in [0, 0.05) is 28.8 Å². The first-order valence-corrected chi connectivity index (χ1v) is 9.78. The number of pyridine rings is 1. The first-order chi connectivity index (χ1) is 11.7. The number of aliphatic carboxylic acids is 1. The van der Waals surface area contributed by atoms with Crippen LogP contribution < -0.4 is 0 Å². The van der Waals surface area contributed by atoms with E-state index in [4.69, 9.17) is 0 Å². The minimum atomic E-state index is -0.591. The van der Waals surface area contributed by atoms with Gasteiger partial charge in [0.25, 0.3) is 0 Å². The van der Waals surface area contributed by atoms with E-state index >= 15 is 0 Å². The van der Waals surface area contributed by atoms with Crippen LogP contribution in [0.5, 0.6) is 0 Å². The third-order valence-corrected chi connectivity index (χ3v) is 5.92. The number of halogens is 1. The molecule has 1 saturated carbocycles. The van der Waals surface area contributed by atoms with Crippen molar-refractivity contribution in [3.8, 4) is 0 Å². The molecule has 2 aromatic rings. The highest BCUT2D eigenvalue weighted by atomic mass is 79.9. The Morgan fingerprint density at radius 3 is 2.88 bits per heavy atom. The second-order valence-electron chi connectivity index (χ2n) is 6.88. The summed E-state index contributed by atoms with van der Waals surface area (Å²) in [7, 11) is 0. The number of nitrogens with zero attached hydrogens (tertiary/aromatic N) is 2. The molecular weight excluding hydrogens is 368 g/mol. The Morgan fingerprint density at radius 2 is 2.12 bits per heavy atom. The van der Waals surface area contributed by atoms with Gasteiger partial charge in [0.15, 0.2) is 0 Å². The summed E-state index contributed by atoms with van der Waals surface area (Å²) < 4.78 is 3.27. The van der Waals surface area contributed by atoms with E-state index in [9.17, 15) is 9.90 Å². The number of carboxylic acids is 1. The van der Waals surface area contributed by atoms with Crippen molar-refractivity contribution in [3.05, 3.63) is 29.0 Å². The summed E-state index contributed by atoms with van der Waals surface area (Å²) in [6.45, 7) is 0.931. The molecule has 0 aromatic carbocycles. The summed E-state index contributed by atoms with van der Waals surface area (Å²) in [6, 6.07) is 4.02. The molecule has 2 aromatic heterocycles. The van der Waals surface area contributed by atoms with Crippen molar-refractivity contribution in [3.63, 3.8) is 0 Å². The van der Waals surface area contributed by atoms with Crippen molar-refractivity contribution in [1.29, 1.82) is 0 Å². The molecule has 5 heteroatoms. The molecule has 3 rings (SSSR count). The number of hydrogen-bond donors (Lipinski definition) is 1. The maximum atomic E-state index is 11.5. The Hall–Kier alpha value is -1.36. The Labute approximate surface area is 151 Å². The Bertz CT molecular complexity index is 692. The van der Waals surface area contributed by atoms with Crippen molar-refractivity contribution >= 4 is 32.9 Å². The average molecular weight is 393 g/mol. The minimum absolute atomic E-state index is 0.129. The summed E-state index contributed by atoms with van der Waals surface area (Å²) >= 11 is 3.59. The lowest BCUT2D eigenvalue weighted by Crippen LogP contribution is -2.21. The second-order valence-corrected chi connectivity index (χ2v) is 7.74. The molecule has 0 saturated heterocycles. The van der Waals surface area contributed by atoms with E-state index in [1.165, 1.54) is 12.8 Å². The molecule has 2 heterocycles. The van der Waals surface area contributed by atoms with Crippen molar-refractivity contribution < 1.29 is 9.90 Å². The van der Waals surface area contributed by atoms with Crippen LogP contribution in [-0.2, 0) is 11.3 Å². The van der Waals surface area contributed by atoms with E-state index in [0.29, 0.717) is 5.92 Å². The van der Waals surface area contributed by atoms with E-state index in [0.717, 1.165) is 60.6 Å². The van der Waals surface area contributed by atoms with Gasteiger partial charge in [-0.15, -0.1) is 0 Å². The number of rotatable bonds is 8. The molecule has 1 fully saturated rings. The molecule has 0 aliphatic heterocycles. The summed E-state index contributed by atoms with van der Waals surface area (Å²) in [5.74, 6) is -0.307. The molecule has 0 spiro atoms. The lowest BCUT2D eigenvalue weighted by atomic mass is 9.86. The summed E-state index contributed by atoms with van der Waals surface area (Å²) in [5.41, 5.74) is 1.01. The fourth-order valence-corrected chi connectivity index (χ4v) is 4.55. The SMILES string of the molecule is O=C(O)C(CCCCCn1cc(Br)c2cccnc21)C1CCCC1. The molecule has 1 atom stereocenters. The smallest absolute Gasteiger partial charge is 0.306 e. The number of unbranched alkanes of at least 4 members (excludes halogenated alkanes) is 2. The van der Waals surface area contributed by atoms with Crippen LogP contribution in [0.15, 0.2) is 29.0 Å². The number of carbonyl (C=O) groups is 1. The highest BCUT2D eigenvalue weighted by Crippen LogP contribution is 2.34. The molecule has 0 amide bonds. The van der Waals surface area contributed by atoms with Gasteiger partial charge in [-0.2, -0.15) is 0 Å². The molecule has 130 valence electrons. The number of hydrogen-bond acceptors (Lipinski definition) is 2. The average Bonchev–Trinajstić information content (AvgIpc) is 3.20. The summed E-state index contributed by atoms with van der Waals surface area (Å²) in [4.78, 5) is 16.0. The van der Waals surface area contributed by atoms with Gasteiger partial charge in [0.1, 0.15) is 5.65 Å². The van der Waals surface area contributed by atoms with Crippen LogP contribution in [0.2, 0.25) is 0 Å². The first-order valence-electron chi connectivity index (χ1n) is 8.99. The molecule has 1 unspecified atom stereocenters. The van der Waals surface area contributed by atoms with E-state index < -0.39 is 5.97 Å². The molecule has 4 nitrogen and oxygen atoms in total. The maximum absolute atomic E-state index is 11.5. The monoisotopic (exact) mass is 392 g/mol. The molecule has 0 radical (unpaired) electrons. The van der Waals surface area contributed by atoms with Gasteiger partial charge < -0.3 is 9.67 Å². The van der Waals surface area contributed by atoms with Crippen LogP contribution in [-0.4, -0.2) is 20.6 Å². The van der Waals surface area contributed by atoms with Crippen LogP contribution in [0.25, 0.3) is 11.0 Å².